The van der Waals surface area contributed by atoms with Gasteiger partial charge in [0.1, 0.15) is 37.8 Å². The quantitative estimate of drug-likeness (QED) is 0.417. The lowest BCUT2D eigenvalue weighted by Crippen LogP contribution is -2.32. The van der Waals surface area contributed by atoms with E-state index in [0.29, 0.717) is 11.2 Å². The summed E-state index contributed by atoms with van der Waals surface area (Å²) in [6, 6.07) is 0. The Balaban J connectivity index is 1.57. The number of imidazole rings is 1. The molecule has 4 rings (SSSR count). The highest BCUT2D eigenvalue weighted by atomic mass is 31.2. The number of methoxy groups -OCH3 is 1. The number of nitrogens with zero attached hydrogens (tertiary/aromatic N) is 4. The van der Waals surface area contributed by atoms with Gasteiger partial charge in [0.15, 0.2) is 17.7 Å². The van der Waals surface area contributed by atoms with E-state index < -0.39 is 58.7 Å². The Morgan fingerprint density at radius 1 is 1.17 bits per heavy atom. The Bertz CT molecular complexity index is 1030. The molecule has 30 heavy (non-hydrogen) atoms. The van der Waals surface area contributed by atoms with Crippen LogP contribution in [0.4, 0.5) is 5.82 Å². The summed E-state index contributed by atoms with van der Waals surface area (Å²) in [4.78, 5) is 45.4. The van der Waals surface area contributed by atoms with Crippen molar-refractivity contribution in [3.63, 3.8) is 0 Å². The van der Waals surface area contributed by atoms with Crippen LogP contribution in [0, 0.1) is 0 Å². The van der Waals surface area contributed by atoms with Gasteiger partial charge in [-0.1, -0.05) is 7.60 Å². The molecule has 0 bridgehead atoms. The lowest BCUT2D eigenvalue weighted by molar-refractivity contribution is -0.313. The number of nitrogens with two attached hydrogens (primary N) is 1. The van der Waals surface area contributed by atoms with Crippen LogP contribution in [0.1, 0.15) is 6.23 Å². The highest BCUT2D eigenvalue weighted by Gasteiger charge is 2.54. The predicted molar refractivity (Wildman–Crippen MR) is 90.2 cm³/mol. The number of aromatic nitrogens is 4. The molecule has 0 radical (unpaired) electrons. The Hall–Kier alpha value is -1.51. The SMILES string of the molecule is COC1OC2[C@@H](COP(=O)([O-])CP(=O)([O-])[O-])O[C@@H](n3cnc4c(N)ncnc43)[C@H]2O1. The molecule has 17 heteroatoms. The van der Waals surface area contributed by atoms with Crippen molar-refractivity contribution in [2.24, 2.45) is 0 Å². The Morgan fingerprint density at radius 3 is 2.60 bits per heavy atom. The summed E-state index contributed by atoms with van der Waals surface area (Å²) in [5.41, 5.74) is 6.45. The summed E-state index contributed by atoms with van der Waals surface area (Å²) in [6.45, 7) is -1.66. The lowest BCUT2D eigenvalue weighted by atomic mass is 10.1. The molecule has 2 aliphatic heterocycles. The molecule has 0 amide bonds. The van der Waals surface area contributed by atoms with Crippen LogP contribution < -0.4 is 20.4 Å². The summed E-state index contributed by atoms with van der Waals surface area (Å²) in [5.74, 6) is -1.50. The van der Waals surface area contributed by atoms with Crippen LogP contribution in [0.3, 0.4) is 0 Å². The van der Waals surface area contributed by atoms with Gasteiger partial charge in [-0.3, -0.25) is 4.57 Å². The minimum absolute atomic E-state index is 0.151. The van der Waals surface area contributed by atoms with Crippen molar-refractivity contribution in [3.8, 4) is 0 Å². The van der Waals surface area contributed by atoms with Crippen LogP contribution in [-0.2, 0) is 32.6 Å². The van der Waals surface area contributed by atoms with E-state index in [1.807, 2.05) is 0 Å². The zero-order chi connectivity index (χ0) is 21.7. The number of fused-ring (bicyclic) bond motifs is 2. The molecule has 0 spiro atoms. The van der Waals surface area contributed by atoms with E-state index in [-0.39, 0.29) is 5.82 Å². The van der Waals surface area contributed by atoms with E-state index in [0.717, 1.165) is 0 Å². The second-order valence-electron chi connectivity index (χ2n) is 6.53. The van der Waals surface area contributed by atoms with Crippen molar-refractivity contribution >= 4 is 32.2 Å². The van der Waals surface area contributed by atoms with Gasteiger partial charge in [0, 0.05) is 13.0 Å². The van der Waals surface area contributed by atoms with Crippen LogP contribution in [0.15, 0.2) is 12.7 Å². The number of ether oxygens (including phenoxy) is 4. The molecule has 3 unspecified atom stereocenters. The zero-order valence-corrected chi connectivity index (χ0v) is 17.1. The van der Waals surface area contributed by atoms with Crippen molar-refractivity contribution in [1.82, 2.24) is 19.5 Å². The number of hydrogen-bond donors (Lipinski definition) is 1. The van der Waals surface area contributed by atoms with Crippen molar-refractivity contribution in [1.29, 1.82) is 0 Å². The number of anilines is 1. The molecular weight excluding hydrogens is 448 g/mol. The van der Waals surface area contributed by atoms with E-state index in [2.05, 4.69) is 15.0 Å². The molecular formula is C13H16N5O10P2-3. The molecule has 2 N–H and O–H groups in total. The standard InChI is InChI=1S/C13H19N5O10P2/c1-24-13-27-8-6(2-25-30(22,23)5-29(19,20)21)26-12(9(8)28-13)18-4-17-7-10(14)15-3-16-11(7)18/h3-4,6,8-9,12-13H,2,5H2,1H3,(H,22,23)(H2,14,15,16)(H2,19,20,21)/p-3/t6-,8?,9+,12-,13?/m1/s1. The minimum Gasteiger partial charge on any atom is -0.810 e. The van der Waals surface area contributed by atoms with E-state index in [1.165, 1.54) is 24.3 Å². The predicted octanol–water partition coefficient (Wildman–Crippen LogP) is -2.54. The molecule has 2 saturated heterocycles. The number of hydrogen-bond acceptors (Lipinski definition) is 14. The van der Waals surface area contributed by atoms with Gasteiger partial charge < -0.3 is 53.0 Å². The highest BCUT2D eigenvalue weighted by Crippen LogP contribution is 2.49. The highest BCUT2D eigenvalue weighted by molar-refractivity contribution is 7.67. The van der Waals surface area contributed by atoms with Crippen LogP contribution in [0.5, 0.6) is 0 Å². The maximum absolute atomic E-state index is 11.8. The third-order valence-corrected chi connectivity index (χ3v) is 7.77. The third-order valence-electron chi connectivity index (χ3n) is 4.46. The number of rotatable bonds is 7. The molecule has 166 valence electrons. The fourth-order valence-corrected chi connectivity index (χ4v) is 5.67. The van der Waals surface area contributed by atoms with E-state index in [4.69, 9.17) is 29.2 Å². The molecule has 6 atom stereocenters. The maximum Gasteiger partial charge on any atom is 0.272 e. The van der Waals surface area contributed by atoms with Crippen molar-refractivity contribution in [2.75, 3.05) is 25.4 Å². The first-order chi connectivity index (χ1) is 14.1. The number of nitrogen functional groups attached to an aromatic ring is 1. The summed E-state index contributed by atoms with van der Waals surface area (Å²) < 4.78 is 50.8. The average molecular weight is 464 g/mol. The third kappa shape index (κ3) is 4.27. The second kappa shape index (κ2) is 7.88. The van der Waals surface area contributed by atoms with E-state index in [9.17, 15) is 23.8 Å². The van der Waals surface area contributed by atoms with Gasteiger partial charge in [-0.2, -0.15) is 0 Å². The summed E-state index contributed by atoms with van der Waals surface area (Å²) in [6.07, 6.45) is -0.842. The topological polar surface area (TPSA) is 219 Å². The minimum atomic E-state index is -5.32. The molecule has 2 aromatic heterocycles. The summed E-state index contributed by atoms with van der Waals surface area (Å²) in [7, 11) is -8.93. The first-order valence-corrected chi connectivity index (χ1v) is 11.9. The fourth-order valence-electron chi connectivity index (χ4n) is 3.27. The van der Waals surface area contributed by atoms with Crippen LogP contribution in [-0.4, -0.2) is 63.9 Å². The molecule has 15 nitrogen and oxygen atoms in total. The molecule has 4 heterocycles. The maximum atomic E-state index is 11.8. The van der Waals surface area contributed by atoms with Crippen molar-refractivity contribution in [3.05, 3.63) is 12.7 Å². The normalized spacial score (nSPS) is 31.1. The molecule has 0 saturated carbocycles. The van der Waals surface area contributed by atoms with Gasteiger partial charge >= 0.3 is 0 Å². The van der Waals surface area contributed by atoms with Crippen LogP contribution in [0.25, 0.3) is 11.2 Å². The molecule has 2 fully saturated rings. The first-order valence-electron chi connectivity index (χ1n) is 8.46. The largest absolute Gasteiger partial charge is 0.810 e. The van der Waals surface area contributed by atoms with Crippen LogP contribution >= 0.6 is 15.2 Å². The first kappa shape index (κ1) is 21.7. The molecule has 0 aliphatic carbocycles. The molecule has 0 aromatic carbocycles. The Labute approximate surface area is 168 Å². The van der Waals surface area contributed by atoms with Crippen LogP contribution in [0.2, 0.25) is 0 Å². The average Bonchev–Trinajstić information content (AvgIpc) is 3.31. The Morgan fingerprint density at radius 2 is 1.90 bits per heavy atom. The monoisotopic (exact) mass is 464 g/mol. The second-order valence-corrected chi connectivity index (χ2v) is 10.4. The fraction of sp³-hybridized carbons (Fsp3) is 0.615. The zero-order valence-electron chi connectivity index (χ0n) is 15.3. The van der Waals surface area contributed by atoms with E-state index in [1.54, 1.807) is 0 Å². The van der Waals surface area contributed by atoms with Crippen molar-refractivity contribution in [2.45, 2.75) is 31.0 Å². The summed E-state index contributed by atoms with van der Waals surface area (Å²) >= 11 is 0. The van der Waals surface area contributed by atoms with Gasteiger partial charge in [-0.15, -0.1) is 0 Å². The smallest absolute Gasteiger partial charge is 0.272 e. The van der Waals surface area contributed by atoms with Gasteiger partial charge in [-0.05, 0) is 0 Å². The van der Waals surface area contributed by atoms with Gasteiger partial charge in [-0.25, -0.2) is 15.0 Å². The van der Waals surface area contributed by atoms with E-state index >= 15 is 0 Å². The van der Waals surface area contributed by atoms with Gasteiger partial charge in [0.2, 0.25) is 0 Å². The van der Waals surface area contributed by atoms with Gasteiger partial charge in [0.25, 0.3) is 6.48 Å². The Kier molecular flexibility index (Phi) is 5.70. The molecule has 2 aliphatic rings. The summed E-state index contributed by atoms with van der Waals surface area (Å²) in [5, 5.41) is 0. The van der Waals surface area contributed by atoms with Crippen molar-refractivity contribution < 1.29 is 47.3 Å². The van der Waals surface area contributed by atoms with Gasteiger partial charge in [0.05, 0.1) is 12.9 Å². The molecule has 2 aromatic rings. The lowest BCUT2D eigenvalue weighted by Gasteiger charge is -2.36.